The van der Waals surface area contributed by atoms with E-state index in [2.05, 4.69) is 5.32 Å². The molecule has 1 N–H and O–H groups in total. The molecule has 2 amide bonds. The van der Waals surface area contributed by atoms with E-state index in [-0.39, 0.29) is 17.7 Å². The van der Waals surface area contributed by atoms with Crippen LogP contribution in [-0.2, 0) is 11.3 Å². The minimum atomic E-state index is -0.0327. The zero-order valence-corrected chi connectivity index (χ0v) is 15.0. The fourth-order valence-electron chi connectivity index (χ4n) is 3.31. The van der Waals surface area contributed by atoms with Crippen molar-refractivity contribution in [1.82, 2.24) is 10.2 Å². The molecule has 1 heterocycles. The minimum absolute atomic E-state index is 0.0327. The van der Waals surface area contributed by atoms with Gasteiger partial charge in [0.1, 0.15) is 5.75 Å². The van der Waals surface area contributed by atoms with Crippen LogP contribution in [0.3, 0.4) is 0 Å². The summed E-state index contributed by atoms with van der Waals surface area (Å²) in [6.45, 7) is 1.82. The number of hydrogen-bond donors (Lipinski definition) is 1. The second-order valence-electron chi connectivity index (χ2n) is 6.57. The summed E-state index contributed by atoms with van der Waals surface area (Å²) >= 11 is 0. The van der Waals surface area contributed by atoms with Crippen LogP contribution < -0.4 is 10.1 Å². The lowest BCUT2D eigenvalue weighted by molar-refractivity contribution is -0.122. The first-order valence-corrected chi connectivity index (χ1v) is 8.90. The zero-order valence-electron chi connectivity index (χ0n) is 15.0. The first kappa shape index (κ1) is 18.0. The van der Waals surface area contributed by atoms with Crippen molar-refractivity contribution in [2.45, 2.75) is 19.4 Å². The monoisotopic (exact) mass is 352 g/mol. The van der Waals surface area contributed by atoms with E-state index in [1.807, 2.05) is 47.4 Å². The average Bonchev–Trinajstić information content (AvgIpc) is 3.15. The number of likely N-dealkylation sites (tertiary alicyclic amines) is 1. The van der Waals surface area contributed by atoms with Gasteiger partial charge in [-0.1, -0.05) is 42.5 Å². The molecule has 1 fully saturated rings. The van der Waals surface area contributed by atoms with Gasteiger partial charge in [-0.2, -0.15) is 0 Å². The molecule has 1 aliphatic heterocycles. The first-order chi connectivity index (χ1) is 12.7. The SMILES string of the molecule is COc1ccccc1C(=O)N1CCC(CC(=O)NCc2ccccc2)C1. The van der Waals surface area contributed by atoms with Crippen molar-refractivity contribution in [2.24, 2.45) is 5.92 Å². The first-order valence-electron chi connectivity index (χ1n) is 8.90. The summed E-state index contributed by atoms with van der Waals surface area (Å²) in [6.07, 6.45) is 1.29. The highest BCUT2D eigenvalue weighted by Gasteiger charge is 2.29. The third-order valence-electron chi connectivity index (χ3n) is 4.72. The molecule has 0 saturated carbocycles. The smallest absolute Gasteiger partial charge is 0.257 e. The number of rotatable bonds is 6. The van der Waals surface area contributed by atoms with Gasteiger partial charge in [0.2, 0.25) is 5.91 Å². The summed E-state index contributed by atoms with van der Waals surface area (Å²) < 4.78 is 5.28. The molecule has 26 heavy (non-hydrogen) atoms. The number of methoxy groups -OCH3 is 1. The predicted octanol–water partition coefficient (Wildman–Crippen LogP) is 2.86. The van der Waals surface area contributed by atoms with Crippen molar-refractivity contribution in [3.05, 3.63) is 65.7 Å². The van der Waals surface area contributed by atoms with E-state index >= 15 is 0 Å². The fraction of sp³-hybridized carbons (Fsp3) is 0.333. The predicted molar refractivity (Wildman–Crippen MR) is 99.9 cm³/mol. The molecule has 1 aliphatic rings. The van der Waals surface area contributed by atoms with Gasteiger partial charge in [-0.05, 0) is 30.0 Å². The Labute approximate surface area is 154 Å². The summed E-state index contributed by atoms with van der Waals surface area (Å²) in [5.74, 6) is 0.783. The Morgan fingerprint density at radius 1 is 1.12 bits per heavy atom. The van der Waals surface area contributed by atoms with Crippen molar-refractivity contribution < 1.29 is 14.3 Å². The Bertz CT molecular complexity index is 761. The molecule has 1 saturated heterocycles. The lowest BCUT2D eigenvalue weighted by Crippen LogP contribution is -2.30. The van der Waals surface area contributed by atoms with E-state index in [0.717, 1.165) is 12.0 Å². The van der Waals surface area contributed by atoms with Crippen LogP contribution >= 0.6 is 0 Å². The van der Waals surface area contributed by atoms with Crippen LogP contribution in [0.25, 0.3) is 0 Å². The molecule has 2 aromatic rings. The van der Waals surface area contributed by atoms with E-state index in [1.54, 1.807) is 19.2 Å². The number of amides is 2. The van der Waals surface area contributed by atoms with Crippen LogP contribution in [0.5, 0.6) is 5.75 Å². The van der Waals surface area contributed by atoms with Gasteiger partial charge in [-0.3, -0.25) is 9.59 Å². The molecule has 0 radical (unpaired) electrons. The molecule has 1 unspecified atom stereocenters. The Hall–Kier alpha value is -2.82. The molecule has 3 rings (SSSR count). The van der Waals surface area contributed by atoms with E-state index in [4.69, 9.17) is 4.74 Å². The van der Waals surface area contributed by atoms with Crippen LogP contribution in [0.15, 0.2) is 54.6 Å². The molecule has 1 atom stereocenters. The summed E-state index contributed by atoms with van der Waals surface area (Å²) in [7, 11) is 1.57. The van der Waals surface area contributed by atoms with Crippen LogP contribution in [0.4, 0.5) is 0 Å². The third-order valence-corrected chi connectivity index (χ3v) is 4.72. The van der Waals surface area contributed by atoms with Gasteiger partial charge in [0.05, 0.1) is 12.7 Å². The van der Waals surface area contributed by atoms with Gasteiger partial charge in [0.15, 0.2) is 0 Å². The van der Waals surface area contributed by atoms with Gasteiger partial charge in [-0.15, -0.1) is 0 Å². The number of para-hydroxylation sites is 1. The molecular formula is C21H24N2O3. The number of benzene rings is 2. The molecule has 0 spiro atoms. The topological polar surface area (TPSA) is 58.6 Å². The van der Waals surface area contributed by atoms with E-state index in [0.29, 0.717) is 37.4 Å². The van der Waals surface area contributed by atoms with Crippen LogP contribution in [0, 0.1) is 5.92 Å². The Morgan fingerprint density at radius 2 is 1.85 bits per heavy atom. The highest BCUT2D eigenvalue weighted by molar-refractivity contribution is 5.97. The van der Waals surface area contributed by atoms with Crippen molar-refractivity contribution in [1.29, 1.82) is 0 Å². The molecule has 0 aliphatic carbocycles. The molecule has 0 aromatic heterocycles. The van der Waals surface area contributed by atoms with Crippen molar-refractivity contribution >= 4 is 11.8 Å². The molecule has 2 aromatic carbocycles. The minimum Gasteiger partial charge on any atom is -0.496 e. The summed E-state index contributed by atoms with van der Waals surface area (Å²) in [5.41, 5.74) is 1.66. The lowest BCUT2D eigenvalue weighted by Gasteiger charge is -2.18. The number of carbonyl (C=O) groups excluding carboxylic acids is 2. The maximum Gasteiger partial charge on any atom is 0.257 e. The highest BCUT2D eigenvalue weighted by Crippen LogP contribution is 2.25. The van der Waals surface area contributed by atoms with Gasteiger partial charge < -0.3 is 15.0 Å². The summed E-state index contributed by atoms with van der Waals surface area (Å²) in [4.78, 5) is 26.7. The summed E-state index contributed by atoms with van der Waals surface area (Å²) in [5, 5.41) is 2.96. The maximum absolute atomic E-state index is 12.7. The normalized spacial score (nSPS) is 16.3. The number of ether oxygens (including phenoxy) is 1. The highest BCUT2D eigenvalue weighted by atomic mass is 16.5. The molecule has 0 bridgehead atoms. The second-order valence-corrected chi connectivity index (χ2v) is 6.57. The number of carbonyl (C=O) groups is 2. The lowest BCUT2D eigenvalue weighted by atomic mass is 10.0. The quantitative estimate of drug-likeness (QED) is 0.870. The molecule has 5 nitrogen and oxygen atoms in total. The van der Waals surface area contributed by atoms with Crippen LogP contribution in [0.2, 0.25) is 0 Å². The Balaban J connectivity index is 1.50. The second kappa shape index (κ2) is 8.52. The Morgan fingerprint density at radius 3 is 2.62 bits per heavy atom. The van der Waals surface area contributed by atoms with Crippen LogP contribution in [-0.4, -0.2) is 36.9 Å². The van der Waals surface area contributed by atoms with Crippen LogP contribution in [0.1, 0.15) is 28.8 Å². The van der Waals surface area contributed by atoms with E-state index in [1.165, 1.54) is 0 Å². The van der Waals surface area contributed by atoms with Gasteiger partial charge in [-0.25, -0.2) is 0 Å². The molecule has 5 heteroatoms. The van der Waals surface area contributed by atoms with Gasteiger partial charge in [0.25, 0.3) is 5.91 Å². The van der Waals surface area contributed by atoms with Crippen molar-refractivity contribution in [3.63, 3.8) is 0 Å². The van der Waals surface area contributed by atoms with E-state index < -0.39 is 0 Å². The van der Waals surface area contributed by atoms with Gasteiger partial charge in [0, 0.05) is 26.1 Å². The largest absolute Gasteiger partial charge is 0.496 e. The van der Waals surface area contributed by atoms with Crippen molar-refractivity contribution in [3.8, 4) is 5.75 Å². The number of nitrogens with zero attached hydrogens (tertiary/aromatic N) is 1. The molecule has 136 valence electrons. The van der Waals surface area contributed by atoms with Crippen molar-refractivity contribution in [2.75, 3.05) is 20.2 Å². The summed E-state index contributed by atoms with van der Waals surface area (Å²) in [6, 6.07) is 17.1. The Kier molecular flexibility index (Phi) is 5.89. The van der Waals surface area contributed by atoms with Gasteiger partial charge >= 0.3 is 0 Å². The zero-order chi connectivity index (χ0) is 18.4. The molecular weight excluding hydrogens is 328 g/mol. The standard InChI is InChI=1S/C21H24N2O3/c1-26-19-10-6-5-9-18(19)21(25)23-12-11-17(15-23)13-20(24)22-14-16-7-3-2-4-8-16/h2-10,17H,11-15H2,1H3,(H,22,24). The maximum atomic E-state index is 12.7. The average molecular weight is 352 g/mol. The number of hydrogen-bond acceptors (Lipinski definition) is 3. The number of nitrogens with one attached hydrogen (secondary N) is 1. The van der Waals surface area contributed by atoms with E-state index in [9.17, 15) is 9.59 Å². The third kappa shape index (κ3) is 4.42. The fourth-order valence-corrected chi connectivity index (χ4v) is 3.31.